The fourth-order valence-corrected chi connectivity index (χ4v) is 4.50. The van der Waals surface area contributed by atoms with E-state index in [2.05, 4.69) is 11.7 Å². The number of rotatable bonds is 9. The number of nitrogens with two attached hydrogens (primary N) is 1. The third-order valence-corrected chi connectivity index (χ3v) is 6.03. The Kier molecular flexibility index (Phi) is 6.95. The summed E-state index contributed by atoms with van der Waals surface area (Å²) in [6.07, 6.45) is -1.38. The first-order valence-corrected chi connectivity index (χ1v) is 11.4. The molecule has 0 bridgehead atoms. The number of hydrogen-bond donors (Lipinski definition) is 1. The summed E-state index contributed by atoms with van der Waals surface area (Å²) in [6.45, 7) is 4.49. The summed E-state index contributed by atoms with van der Waals surface area (Å²) in [4.78, 5) is 12.6. The van der Waals surface area contributed by atoms with Crippen molar-refractivity contribution in [2.24, 2.45) is 5.73 Å². The van der Waals surface area contributed by atoms with E-state index in [-0.39, 0.29) is 12.5 Å². The number of unbranched alkanes of at least 4 members (excludes halogenated alkanes) is 2. The number of halogens is 3. The van der Waals surface area contributed by atoms with Gasteiger partial charge in [-0.05, 0) is 55.2 Å². The van der Waals surface area contributed by atoms with Crippen LogP contribution in [0.25, 0.3) is 11.1 Å². The van der Waals surface area contributed by atoms with Crippen LogP contribution in [-0.4, -0.2) is 23.6 Å². The van der Waals surface area contributed by atoms with Crippen molar-refractivity contribution in [1.82, 2.24) is 4.57 Å². The van der Waals surface area contributed by atoms with Crippen LogP contribution in [0.5, 0.6) is 17.2 Å². The number of ether oxygens (including phenoxy) is 3. The van der Waals surface area contributed by atoms with Gasteiger partial charge in [-0.25, -0.2) is 0 Å². The standard InChI is InChI=1S/C26H27F3N2O4/c1-3-4-5-9-20-24(18-7-6-8-19(13-18)35-26(27,28)29)23(25(30)32)16(2)31(20)14-17-10-11-21-22(12-17)34-15-33-21/h6-8,10-13H,3-5,9,14-15H2,1-2H3,(H2,30,32). The molecule has 0 aliphatic carbocycles. The van der Waals surface area contributed by atoms with E-state index in [0.29, 0.717) is 46.8 Å². The maximum atomic E-state index is 12.9. The van der Waals surface area contributed by atoms with E-state index in [1.165, 1.54) is 18.2 Å². The lowest BCUT2D eigenvalue weighted by Gasteiger charge is -2.15. The average molecular weight is 489 g/mol. The van der Waals surface area contributed by atoms with Crippen LogP contribution in [-0.2, 0) is 13.0 Å². The van der Waals surface area contributed by atoms with Crippen LogP contribution in [0.15, 0.2) is 42.5 Å². The van der Waals surface area contributed by atoms with Crippen molar-refractivity contribution in [3.05, 3.63) is 65.0 Å². The topological polar surface area (TPSA) is 75.7 Å². The number of carbonyl (C=O) groups excluding carboxylic acids is 1. The number of aromatic nitrogens is 1. The molecule has 0 radical (unpaired) electrons. The first kappa shape index (κ1) is 24.5. The highest BCUT2D eigenvalue weighted by molar-refractivity contribution is 6.02. The molecule has 0 fully saturated rings. The Morgan fingerprint density at radius 2 is 1.89 bits per heavy atom. The van der Waals surface area contributed by atoms with Gasteiger partial charge in [0.2, 0.25) is 6.79 Å². The van der Waals surface area contributed by atoms with Gasteiger partial charge in [0.1, 0.15) is 5.75 Å². The SMILES string of the molecule is CCCCCc1c(-c2cccc(OC(F)(F)F)c2)c(C(N)=O)c(C)n1Cc1ccc2c(c1)OCO2. The second-order valence-electron chi connectivity index (χ2n) is 8.45. The van der Waals surface area contributed by atoms with Crippen LogP contribution >= 0.6 is 0 Å². The molecule has 2 N–H and O–H groups in total. The van der Waals surface area contributed by atoms with E-state index in [4.69, 9.17) is 15.2 Å². The molecule has 2 heterocycles. The van der Waals surface area contributed by atoms with Crippen LogP contribution in [0, 0.1) is 6.92 Å². The molecule has 1 aliphatic heterocycles. The van der Waals surface area contributed by atoms with Crippen LogP contribution in [0.3, 0.4) is 0 Å². The van der Waals surface area contributed by atoms with Gasteiger partial charge in [0.25, 0.3) is 5.91 Å². The van der Waals surface area contributed by atoms with Crippen molar-refractivity contribution in [1.29, 1.82) is 0 Å². The summed E-state index contributed by atoms with van der Waals surface area (Å²) < 4.78 is 55.6. The van der Waals surface area contributed by atoms with Gasteiger partial charge in [-0.15, -0.1) is 13.2 Å². The molecular formula is C26H27F3N2O4. The average Bonchev–Trinajstić information content (AvgIpc) is 3.36. The molecule has 2 aromatic carbocycles. The molecule has 0 atom stereocenters. The van der Waals surface area contributed by atoms with Gasteiger partial charge in [-0.1, -0.05) is 38.0 Å². The van der Waals surface area contributed by atoms with Crippen molar-refractivity contribution in [2.75, 3.05) is 6.79 Å². The van der Waals surface area contributed by atoms with Crippen molar-refractivity contribution in [3.63, 3.8) is 0 Å². The second kappa shape index (κ2) is 9.93. The van der Waals surface area contributed by atoms with Crippen LogP contribution < -0.4 is 19.9 Å². The molecule has 0 unspecified atom stereocenters. The minimum absolute atomic E-state index is 0.163. The van der Waals surface area contributed by atoms with Gasteiger partial charge in [-0.3, -0.25) is 4.79 Å². The van der Waals surface area contributed by atoms with Gasteiger partial charge in [0, 0.05) is 23.5 Å². The zero-order chi connectivity index (χ0) is 25.2. The first-order valence-electron chi connectivity index (χ1n) is 11.4. The molecule has 0 saturated heterocycles. The third-order valence-electron chi connectivity index (χ3n) is 6.03. The lowest BCUT2D eigenvalue weighted by atomic mass is 9.97. The van der Waals surface area contributed by atoms with E-state index >= 15 is 0 Å². The molecule has 6 nitrogen and oxygen atoms in total. The quantitative estimate of drug-likeness (QED) is 0.377. The summed E-state index contributed by atoms with van der Waals surface area (Å²) in [7, 11) is 0. The molecule has 0 spiro atoms. The summed E-state index contributed by atoms with van der Waals surface area (Å²) in [6, 6.07) is 11.3. The molecule has 1 amide bonds. The lowest BCUT2D eigenvalue weighted by Crippen LogP contribution is -2.17. The number of fused-ring (bicyclic) bond motifs is 1. The molecule has 9 heteroatoms. The highest BCUT2D eigenvalue weighted by Crippen LogP contribution is 2.38. The van der Waals surface area contributed by atoms with Crippen molar-refractivity contribution in [2.45, 2.75) is 52.4 Å². The summed E-state index contributed by atoms with van der Waals surface area (Å²) in [5.41, 5.74) is 9.50. The third kappa shape index (κ3) is 5.39. The molecule has 4 rings (SSSR count). The molecule has 0 saturated carbocycles. The zero-order valence-corrected chi connectivity index (χ0v) is 19.6. The Morgan fingerprint density at radius 3 is 2.60 bits per heavy atom. The van der Waals surface area contributed by atoms with Crippen LogP contribution in [0.2, 0.25) is 0 Å². The normalized spacial score (nSPS) is 12.7. The number of hydrogen-bond acceptors (Lipinski definition) is 4. The maximum absolute atomic E-state index is 12.9. The molecule has 1 aliphatic rings. The van der Waals surface area contributed by atoms with Gasteiger partial charge in [-0.2, -0.15) is 0 Å². The minimum Gasteiger partial charge on any atom is -0.454 e. The van der Waals surface area contributed by atoms with Crippen LogP contribution in [0.4, 0.5) is 13.2 Å². The van der Waals surface area contributed by atoms with Crippen molar-refractivity contribution in [3.8, 4) is 28.4 Å². The van der Waals surface area contributed by atoms with E-state index in [1.54, 1.807) is 13.0 Å². The van der Waals surface area contributed by atoms with Gasteiger partial charge in [0.15, 0.2) is 11.5 Å². The minimum atomic E-state index is -4.82. The van der Waals surface area contributed by atoms with Crippen molar-refractivity contribution < 1.29 is 32.2 Å². The van der Waals surface area contributed by atoms with Gasteiger partial charge < -0.3 is 24.5 Å². The van der Waals surface area contributed by atoms with Gasteiger partial charge in [0.05, 0.1) is 5.56 Å². The molecule has 35 heavy (non-hydrogen) atoms. The number of alkyl halides is 3. The Morgan fingerprint density at radius 1 is 1.11 bits per heavy atom. The van der Waals surface area contributed by atoms with E-state index in [1.807, 2.05) is 22.8 Å². The molecule has 186 valence electrons. The number of benzene rings is 2. The summed E-state index contributed by atoms with van der Waals surface area (Å²) in [5.74, 6) is 0.320. The summed E-state index contributed by atoms with van der Waals surface area (Å²) >= 11 is 0. The largest absolute Gasteiger partial charge is 0.573 e. The number of carbonyl (C=O) groups is 1. The number of nitrogens with zero attached hydrogens (tertiary/aromatic N) is 1. The fraction of sp³-hybridized carbons (Fsp3) is 0.346. The molecule has 3 aromatic rings. The second-order valence-corrected chi connectivity index (χ2v) is 8.45. The monoisotopic (exact) mass is 488 g/mol. The Bertz CT molecular complexity index is 1230. The van der Waals surface area contributed by atoms with E-state index < -0.39 is 12.3 Å². The van der Waals surface area contributed by atoms with Gasteiger partial charge >= 0.3 is 6.36 Å². The first-order chi connectivity index (χ1) is 16.7. The predicted octanol–water partition coefficient (Wildman–Crippen LogP) is 5.97. The Balaban J connectivity index is 1.83. The van der Waals surface area contributed by atoms with E-state index in [0.717, 1.165) is 30.5 Å². The zero-order valence-electron chi connectivity index (χ0n) is 19.6. The maximum Gasteiger partial charge on any atom is 0.573 e. The Hall–Kier alpha value is -3.62. The van der Waals surface area contributed by atoms with E-state index in [9.17, 15) is 18.0 Å². The highest BCUT2D eigenvalue weighted by Gasteiger charge is 2.32. The lowest BCUT2D eigenvalue weighted by molar-refractivity contribution is -0.274. The van der Waals surface area contributed by atoms with Crippen LogP contribution in [0.1, 0.15) is 53.5 Å². The fourth-order valence-electron chi connectivity index (χ4n) is 4.50. The molecule has 1 aromatic heterocycles. The summed E-state index contributed by atoms with van der Waals surface area (Å²) in [5, 5.41) is 0. The molecular weight excluding hydrogens is 461 g/mol. The smallest absolute Gasteiger partial charge is 0.454 e. The Labute approximate surface area is 201 Å². The number of amides is 1. The predicted molar refractivity (Wildman–Crippen MR) is 125 cm³/mol. The number of primary amides is 1. The highest BCUT2D eigenvalue weighted by atomic mass is 19.4. The van der Waals surface area contributed by atoms with Crippen molar-refractivity contribution >= 4 is 5.91 Å².